The predicted molar refractivity (Wildman–Crippen MR) is 71.9 cm³/mol. The molecule has 1 saturated heterocycles. The van der Waals surface area contributed by atoms with Crippen molar-refractivity contribution in [2.45, 2.75) is 25.4 Å². The van der Waals surface area contributed by atoms with Crippen molar-refractivity contribution in [1.29, 1.82) is 0 Å². The Balaban J connectivity index is 1.71. The first-order valence-electron chi connectivity index (χ1n) is 6.19. The summed E-state index contributed by atoms with van der Waals surface area (Å²) in [6.07, 6.45) is 5.48. The van der Waals surface area contributed by atoms with Gasteiger partial charge in [-0.15, -0.1) is 0 Å². The minimum atomic E-state index is -0.699. The Kier molecular flexibility index (Phi) is 3.31. The molecule has 0 saturated carbocycles. The van der Waals surface area contributed by atoms with Gasteiger partial charge in [-0.05, 0) is 19.1 Å². The fourth-order valence-corrected chi connectivity index (χ4v) is 2.39. The van der Waals surface area contributed by atoms with Gasteiger partial charge in [0.2, 0.25) is 0 Å². The van der Waals surface area contributed by atoms with E-state index in [4.69, 9.17) is 21.1 Å². The lowest BCUT2D eigenvalue weighted by Crippen LogP contribution is -2.25. The molecule has 0 bridgehead atoms. The van der Waals surface area contributed by atoms with Crippen LogP contribution in [-0.2, 0) is 21.8 Å². The molecule has 1 aromatic carbocycles. The first-order chi connectivity index (χ1) is 9.16. The molecule has 19 heavy (non-hydrogen) atoms. The largest absolute Gasteiger partial charge is 0.343 e. The Morgan fingerprint density at radius 1 is 1.42 bits per heavy atom. The van der Waals surface area contributed by atoms with Crippen LogP contribution in [0, 0.1) is 0 Å². The van der Waals surface area contributed by atoms with Crippen LogP contribution in [0.25, 0.3) is 0 Å². The molecule has 1 aromatic heterocycles. The van der Waals surface area contributed by atoms with Crippen LogP contribution in [0.1, 0.15) is 12.5 Å². The van der Waals surface area contributed by atoms with Gasteiger partial charge in [0.25, 0.3) is 0 Å². The number of aromatic nitrogens is 2. The molecule has 2 atom stereocenters. The maximum atomic E-state index is 6.03. The van der Waals surface area contributed by atoms with Crippen LogP contribution in [-0.4, -0.2) is 22.3 Å². The number of hydrogen-bond donors (Lipinski definition) is 0. The van der Waals surface area contributed by atoms with E-state index < -0.39 is 5.79 Å². The van der Waals surface area contributed by atoms with Crippen LogP contribution in [0.4, 0.5) is 0 Å². The zero-order chi connectivity index (χ0) is 13.3. The molecule has 1 aliphatic heterocycles. The summed E-state index contributed by atoms with van der Waals surface area (Å²) in [6, 6.07) is 7.56. The molecule has 0 amide bonds. The molecule has 3 rings (SSSR count). The summed E-state index contributed by atoms with van der Waals surface area (Å²) in [5.41, 5.74) is 0.977. The average molecular weight is 279 g/mol. The van der Waals surface area contributed by atoms with Gasteiger partial charge in [0.05, 0.1) is 19.5 Å². The van der Waals surface area contributed by atoms with Crippen LogP contribution in [0.3, 0.4) is 0 Å². The maximum Gasteiger partial charge on any atom is 0.192 e. The quantitative estimate of drug-likeness (QED) is 0.866. The van der Waals surface area contributed by atoms with E-state index >= 15 is 0 Å². The number of nitrogens with zero attached hydrogens (tertiary/aromatic N) is 2. The Hall–Kier alpha value is -1.36. The van der Waals surface area contributed by atoms with Crippen LogP contribution in [0.2, 0.25) is 5.02 Å². The lowest BCUT2D eigenvalue weighted by molar-refractivity contribution is -0.163. The third kappa shape index (κ3) is 2.66. The molecular weight excluding hydrogens is 264 g/mol. The zero-order valence-electron chi connectivity index (χ0n) is 10.6. The number of halogens is 1. The summed E-state index contributed by atoms with van der Waals surface area (Å²) < 4.78 is 13.9. The van der Waals surface area contributed by atoms with Crippen molar-refractivity contribution in [1.82, 2.24) is 9.55 Å². The second-order valence-corrected chi connectivity index (χ2v) is 5.20. The molecule has 2 heterocycles. The lowest BCUT2D eigenvalue weighted by atomic mass is 10.1. The van der Waals surface area contributed by atoms with E-state index in [1.54, 1.807) is 12.5 Å². The van der Waals surface area contributed by atoms with Gasteiger partial charge in [-0.3, -0.25) is 0 Å². The molecule has 0 N–H and O–H groups in total. The summed E-state index contributed by atoms with van der Waals surface area (Å²) in [4.78, 5) is 4.02. The van der Waals surface area contributed by atoms with E-state index in [2.05, 4.69) is 4.98 Å². The smallest absolute Gasteiger partial charge is 0.192 e. The van der Waals surface area contributed by atoms with Crippen molar-refractivity contribution >= 4 is 11.6 Å². The van der Waals surface area contributed by atoms with Crippen LogP contribution >= 0.6 is 11.6 Å². The monoisotopic (exact) mass is 278 g/mol. The Morgan fingerprint density at radius 3 is 2.89 bits per heavy atom. The number of ether oxygens (including phenoxy) is 2. The molecule has 0 spiro atoms. The number of rotatable bonds is 3. The molecule has 0 unspecified atom stereocenters. The van der Waals surface area contributed by atoms with Gasteiger partial charge < -0.3 is 14.0 Å². The van der Waals surface area contributed by atoms with Gasteiger partial charge in [0, 0.05) is 23.0 Å². The Labute approximate surface area is 116 Å². The molecule has 0 radical (unpaired) electrons. The highest BCUT2D eigenvalue weighted by atomic mass is 35.5. The van der Waals surface area contributed by atoms with E-state index in [-0.39, 0.29) is 6.10 Å². The molecule has 1 aliphatic rings. The molecule has 100 valence electrons. The van der Waals surface area contributed by atoms with Crippen LogP contribution in [0.5, 0.6) is 0 Å². The minimum absolute atomic E-state index is 0.0230. The average Bonchev–Trinajstić information content (AvgIpc) is 3.02. The van der Waals surface area contributed by atoms with Crippen molar-refractivity contribution in [3.63, 3.8) is 0 Å². The van der Waals surface area contributed by atoms with Gasteiger partial charge in [-0.1, -0.05) is 23.7 Å². The van der Waals surface area contributed by atoms with E-state index in [1.165, 1.54) is 0 Å². The van der Waals surface area contributed by atoms with Crippen molar-refractivity contribution in [3.05, 3.63) is 53.6 Å². The number of hydrogen-bond acceptors (Lipinski definition) is 3. The Morgan fingerprint density at radius 2 is 2.21 bits per heavy atom. The second-order valence-electron chi connectivity index (χ2n) is 4.76. The number of imidazole rings is 1. The number of benzene rings is 1. The first kappa shape index (κ1) is 12.7. The van der Waals surface area contributed by atoms with Gasteiger partial charge in [0.15, 0.2) is 5.79 Å². The van der Waals surface area contributed by atoms with Crippen LogP contribution in [0.15, 0.2) is 43.0 Å². The first-order valence-corrected chi connectivity index (χ1v) is 6.57. The zero-order valence-corrected chi connectivity index (χ0v) is 11.4. The van der Waals surface area contributed by atoms with Crippen LogP contribution < -0.4 is 0 Å². The predicted octanol–water partition coefficient (Wildman–Crippen LogP) is 2.82. The van der Waals surface area contributed by atoms with Gasteiger partial charge in [-0.25, -0.2) is 4.98 Å². The van der Waals surface area contributed by atoms with E-state index in [0.29, 0.717) is 11.6 Å². The third-order valence-corrected chi connectivity index (χ3v) is 3.53. The highest BCUT2D eigenvalue weighted by molar-refractivity contribution is 6.30. The Bertz CT molecular complexity index is 541. The van der Waals surface area contributed by atoms with Gasteiger partial charge >= 0.3 is 0 Å². The summed E-state index contributed by atoms with van der Waals surface area (Å²) >= 11 is 5.90. The lowest BCUT2D eigenvalue weighted by Gasteiger charge is -2.24. The van der Waals surface area contributed by atoms with E-state index in [0.717, 1.165) is 12.1 Å². The highest BCUT2D eigenvalue weighted by Crippen LogP contribution is 2.34. The minimum Gasteiger partial charge on any atom is -0.343 e. The molecule has 4 nitrogen and oxygen atoms in total. The molecule has 1 fully saturated rings. The molecule has 2 aromatic rings. The highest BCUT2D eigenvalue weighted by Gasteiger charge is 2.38. The second kappa shape index (κ2) is 4.96. The van der Waals surface area contributed by atoms with Gasteiger partial charge in [-0.2, -0.15) is 0 Å². The van der Waals surface area contributed by atoms with Crippen molar-refractivity contribution in [2.75, 3.05) is 6.61 Å². The summed E-state index contributed by atoms with van der Waals surface area (Å²) in [5, 5.41) is 0.709. The van der Waals surface area contributed by atoms with Crippen molar-refractivity contribution in [3.8, 4) is 0 Å². The SMILES string of the molecule is C[C@]1(c2ccc(Cl)cc2)OC[C@H](Cn2ccnc2)O1. The molecule has 0 aliphatic carbocycles. The van der Waals surface area contributed by atoms with Crippen molar-refractivity contribution in [2.24, 2.45) is 0 Å². The molecule has 5 heteroatoms. The fraction of sp³-hybridized carbons (Fsp3) is 0.357. The summed E-state index contributed by atoms with van der Waals surface area (Å²) in [7, 11) is 0. The van der Waals surface area contributed by atoms with Crippen molar-refractivity contribution < 1.29 is 9.47 Å². The van der Waals surface area contributed by atoms with Gasteiger partial charge in [0.1, 0.15) is 6.10 Å². The van der Waals surface area contributed by atoms with E-state index in [9.17, 15) is 0 Å². The fourth-order valence-electron chi connectivity index (χ4n) is 2.26. The summed E-state index contributed by atoms with van der Waals surface area (Å²) in [5.74, 6) is -0.699. The third-order valence-electron chi connectivity index (χ3n) is 3.28. The maximum absolute atomic E-state index is 6.03. The standard InChI is InChI=1S/C14H15ClN2O2/c1-14(11-2-4-12(15)5-3-11)18-9-13(19-14)8-17-7-6-16-10-17/h2-7,10,13H,8-9H2,1H3/t13-,14-/m0/s1. The molecular formula is C14H15ClN2O2. The normalized spacial score (nSPS) is 26.7. The summed E-state index contributed by atoms with van der Waals surface area (Å²) in [6.45, 7) is 3.24. The topological polar surface area (TPSA) is 36.3 Å². The van der Waals surface area contributed by atoms with E-state index in [1.807, 2.05) is 42.0 Å².